The molecular weight excluding hydrogens is 694 g/mol. The summed E-state index contributed by atoms with van der Waals surface area (Å²) >= 11 is 11.3. The largest absolute Gasteiger partial charge is 0.493 e. The van der Waals surface area contributed by atoms with Crippen molar-refractivity contribution in [3.05, 3.63) is 48.8 Å². The monoisotopic (exact) mass is 709 g/mol. The standard InChI is InChI=1S/C24H18Br3N5O4S/c1-34-17-4-11(5-18(35-2)22(17)36-3)20-13(8-28)23(30)32-24(14(20)9-29)37-10-19(33)31-21-15(26)6-12(25)7-16(21)27/h4-7H,10H2,1-3H3,(H2,30,32)(H,31,33). The zero-order chi connectivity index (χ0) is 27.3. The Morgan fingerprint density at radius 1 is 1.00 bits per heavy atom. The van der Waals surface area contributed by atoms with Crippen molar-refractivity contribution in [2.75, 3.05) is 38.1 Å². The van der Waals surface area contributed by atoms with E-state index in [1.165, 1.54) is 21.3 Å². The summed E-state index contributed by atoms with van der Waals surface area (Å²) in [6.07, 6.45) is 0. The topological polar surface area (TPSA) is 143 Å². The van der Waals surface area contributed by atoms with Gasteiger partial charge in [-0.2, -0.15) is 10.5 Å². The molecule has 0 saturated carbocycles. The Bertz CT molecular complexity index is 1420. The third-order valence-corrected chi connectivity index (χ3v) is 7.66. The summed E-state index contributed by atoms with van der Waals surface area (Å²) in [5.74, 6) is 0.530. The average molecular weight is 712 g/mol. The van der Waals surface area contributed by atoms with Crippen molar-refractivity contribution in [2.45, 2.75) is 5.03 Å². The van der Waals surface area contributed by atoms with E-state index in [-0.39, 0.29) is 39.2 Å². The molecule has 1 amide bonds. The summed E-state index contributed by atoms with van der Waals surface area (Å²) in [6, 6.07) is 11.0. The number of ether oxygens (including phenoxy) is 3. The van der Waals surface area contributed by atoms with E-state index in [0.29, 0.717) is 37.4 Å². The number of hydrogen-bond acceptors (Lipinski definition) is 9. The summed E-state index contributed by atoms with van der Waals surface area (Å²) in [4.78, 5) is 17.0. The number of amides is 1. The van der Waals surface area contributed by atoms with Crippen molar-refractivity contribution in [1.82, 2.24) is 4.98 Å². The lowest BCUT2D eigenvalue weighted by molar-refractivity contribution is -0.113. The Morgan fingerprint density at radius 3 is 2.05 bits per heavy atom. The molecule has 190 valence electrons. The maximum Gasteiger partial charge on any atom is 0.234 e. The normalized spacial score (nSPS) is 10.3. The van der Waals surface area contributed by atoms with Crippen LogP contribution >= 0.6 is 59.6 Å². The molecule has 0 spiro atoms. The van der Waals surface area contributed by atoms with Gasteiger partial charge in [0.05, 0.1) is 38.3 Å². The minimum atomic E-state index is -0.336. The van der Waals surface area contributed by atoms with E-state index < -0.39 is 0 Å². The van der Waals surface area contributed by atoms with Crippen LogP contribution in [0.2, 0.25) is 0 Å². The second-order valence-electron chi connectivity index (χ2n) is 7.15. The van der Waals surface area contributed by atoms with Crippen LogP contribution in [-0.2, 0) is 4.79 Å². The number of nitrogen functional groups attached to an aromatic ring is 1. The predicted molar refractivity (Wildman–Crippen MR) is 152 cm³/mol. The Morgan fingerprint density at radius 2 is 1.57 bits per heavy atom. The van der Waals surface area contributed by atoms with E-state index in [4.69, 9.17) is 19.9 Å². The van der Waals surface area contributed by atoms with Gasteiger partial charge >= 0.3 is 0 Å². The quantitative estimate of drug-likeness (QED) is 0.264. The molecular formula is C24H18Br3N5O4S. The van der Waals surface area contributed by atoms with Crippen LogP contribution in [0, 0.1) is 22.7 Å². The summed E-state index contributed by atoms with van der Waals surface area (Å²) in [5.41, 5.74) is 7.46. The zero-order valence-corrected chi connectivity index (χ0v) is 25.2. The fourth-order valence-corrected chi connectivity index (χ4v) is 6.64. The fourth-order valence-electron chi connectivity index (χ4n) is 3.39. The van der Waals surface area contributed by atoms with Crippen LogP contribution in [-0.4, -0.2) is 38.0 Å². The van der Waals surface area contributed by atoms with Gasteiger partial charge in [0.25, 0.3) is 0 Å². The van der Waals surface area contributed by atoms with E-state index in [0.717, 1.165) is 16.2 Å². The van der Waals surface area contributed by atoms with Crippen LogP contribution in [0.5, 0.6) is 17.2 Å². The Kier molecular flexibility index (Phi) is 9.68. The van der Waals surface area contributed by atoms with Crippen molar-refractivity contribution in [3.63, 3.8) is 0 Å². The molecule has 37 heavy (non-hydrogen) atoms. The summed E-state index contributed by atoms with van der Waals surface area (Å²) in [6.45, 7) is 0. The van der Waals surface area contributed by atoms with Crippen molar-refractivity contribution in [1.29, 1.82) is 10.5 Å². The molecule has 0 atom stereocenters. The van der Waals surface area contributed by atoms with Crippen molar-refractivity contribution < 1.29 is 19.0 Å². The van der Waals surface area contributed by atoms with Gasteiger partial charge in [0.15, 0.2) is 11.5 Å². The number of nitriles is 2. The van der Waals surface area contributed by atoms with E-state index in [1.807, 2.05) is 6.07 Å². The highest BCUT2D eigenvalue weighted by Crippen LogP contribution is 2.44. The van der Waals surface area contributed by atoms with Gasteiger partial charge in [-0.3, -0.25) is 4.79 Å². The lowest BCUT2D eigenvalue weighted by atomic mass is 9.96. The first kappa shape index (κ1) is 28.6. The van der Waals surface area contributed by atoms with Crippen molar-refractivity contribution in [2.24, 2.45) is 0 Å². The van der Waals surface area contributed by atoms with Crippen LogP contribution in [0.3, 0.4) is 0 Å². The number of carbonyl (C=O) groups excluding carboxylic acids is 1. The van der Waals surface area contributed by atoms with Crippen LogP contribution in [0.25, 0.3) is 11.1 Å². The highest BCUT2D eigenvalue weighted by atomic mass is 79.9. The van der Waals surface area contributed by atoms with Crippen molar-refractivity contribution in [3.8, 4) is 40.5 Å². The van der Waals surface area contributed by atoms with Gasteiger partial charge in [0.2, 0.25) is 11.7 Å². The molecule has 2 aromatic carbocycles. The molecule has 0 radical (unpaired) electrons. The Balaban J connectivity index is 2.04. The number of pyridine rings is 1. The molecule has 1 aromatic heterocycles. The van der Waals surface area contributed by atoms with Crippen LogP contribution in [0.1, 0.15) is 11.1 Å². The molecule has 0 bridgehead atoms. The predicted octanol–water partition coefficient (Wildman–Crippen LogP) is 6.12. The van der Waals surface area contributed by atoms with Gasteiger partial charge in [-0.15, -0.1) is 0 Å². The third kappa shape index (κ3) is 6.13. The molecule has 0 aliphatic heterocycles. The number of thioether (sulfide) groups is 1. The SMILES string of the molecule is COc1cc(-c2c(C#N)c(N)nc(SCC(=O)Nc3c(Br)cc(Br)cc3Br)c2C#N)cc(OC)c1OC. The van der Waals surface area contributed by atoms with E-state index in [9.17, 15) is 15.3 Å². The number of hydrogen-bond donors (Lipinski definition) is 2. The maximum absolute atomic E-state index is 12.7. The first-order chi connectivity index (χ1) is 17.7. The first-order valence-electron chi connectivity index (χ1n) is 10.2. The first-order valence-corrected chi connectivity index (χ1v) is 13.6. The molecule has 3 rings (SSSR count). The number of nitrogens with zero attached hydrogens (tertiary/aromatic N) is 3. The number of nitrogens with two attached hydrogens (primary N) is 1. The highest BCUT2D eigenvalue weighted by molar-refractivity contribution is 9.11. The van der Waals surface area contributed by atoms with Gasteiger partial charge in [0.1, 0.15) is 28.5 Å². The minimum Gasteiger partial charge on any atom is -0.493 e. The summed E-state index contributed by atoms with van der Waals surface area (Å²) in [5, 5.41) is 22.9. The summed E-state index contributed by atoms with van der Waals surface area (Å²) < 4.78 is 18.4. The fraction of sp³-hybridized carbons (Fsp3) is 0.167. The van der Waals surface area contributed by atoms with Gasteiger partial charge in [-0.25, -0.2) is 4.98 Å². The average Bonchev–Trinajstić information content (AvgIpc) is 2.87. The van der Waals surface area contributed by atoms with Crippen LogP contribution in [0.4, 0.5) is 11.5 Å². The Labute approximate surface area is 242 Å². The number of anilines is 2. The third-order valence-electron chi connectivity index (χ3n) is 4.98. The Hall–Kier alpha value is -2.97. The molecule has 3 aromatic rings. The van der Waals surface area contributed by atoms with E-state index in [2.05, 4.69) is 64.2 Å². The molecule has 3 N–H and O–H groups in total. The number of benzene rings is 2. The number of carbonyl (C=O) groups is 1. The lowest BCUT2D eigenvalue weighted by Gasteiger charge is -2.17. The molecule has 0 aliphatic rings. The van der Waals surface area contributed by atoms with Crippen LogP contribution < -0.4 is 25.3 Å². The highest BCUT2D eigenvalue weighted by Gasteiger charge is 2.24. The minimum absolute atomic E-state index is 0.0161. The van der Waals surface area contributed by atoms with E-state index in [1.54, 1.807) is 24.3 Å². The zero-order valence-electron chi connectivity index (χ0n) is 19.6. The number of halogens is 3. The second kappa shape index (κ2) is 12.5. The van der Waals surface area contributed by atoms with Crippen LogP contribution in [0.15, 0.2) is 42.7 Å². The molecule has 0 unspecified atom stereocenters. The molecule has 13 heteroatoms. The number of aromatic nitrogens is 1. The number of nitrogens with one attached hydrogen (secondary N) is 1. The smallest absolute Gasteiger partial charge is 0.234 e. The van der Waals surface area contributed by atoms with E-state index >= 15 is 0 Å². The number of methoxy groups -OCH3 is 3. The molecule has 9 nitrogen and oxygen atoms in total. The lowest BCUT2D eigenvalue weighted by Crippen LogP contribution is -2.15. The van der Waals surface area contributed by atoms with Gasteiger partial charge in [-0.1, -0.05) is 27.7 Å². The van der Waals surface area contributed by atoms with Gasteiger partial charge in [-0.05, 0) is 61.7 Å². The van der Waals surface area contributed by atoms with Crippen molar-refractivity contribution >= 4 is 77.0 Å². The molecule has 1 heterocycles. The maximum atomic E-state index is 12.7. The summed E-state index contributed by atoms with van der Waals surface area (Å²) in [7, 11) is 4.39. The van der Waals surface area contributed by atoms with Gasteiger partial charge in [0, 0.05) is 19.0 Å². The molecule has 0 fully saturated rings. The second-order valence-corrected chi connectivity index (χ2v) is 10.7. The van der Waals surface area contributed by atoms with Gasteiger partial charge < -0.3 is 25.3 Å². The molecule has 0 saturated heterocycles. The number of rotatable bonds is 8. The molecule has 0 aliphatic carbocycles.